The quantitative estimate of drug-likeness (QED) is 0.573. The lowest BCUT2D eigenvalue weighted by atomic mass is 9.70. The Labute approximate surface area is 108 Å². The number of carbonyl (C=O) groups excluding carboxylic acids is 1. The number of hydrogen-bond donors (Lipinski definition) is 0. The van der Waals surface area contributed by atoms with E-state index in [1.807, 2.05) is 13.8 Å². The van der Waals surface area contributed by atoms with Crippen molar-refractivity contribution in [1.29, 1.82) is 0 Å². The third-order valence-electron chi connectivity index (χ3n) is 3.91. The number of carbonyl (C=O) groups is 1. The number of rotatable bonds is 3. The van der Waals surface area contributed by atoms with Gasteiger partial charge in [0.15, 0.2) is 5.79 Å². The Hall–Kier alpha value is -0.870. The molecule has 0 aromatic rings. The molecule has 1 unspecified atom stereocenters. The summed E-state index contributed by atoms with van der Waals surface area (Å²) in [5.74, 6) is -0.781. The van der Waals surface area contributed by atoms with Crippen molar-refractivity contribution in [1.82, 2.24) is 0 Å². The van der Waals surface area contributed by atoms with Crippen LogP contribution in [0.4, 0.5) is 0 Å². The second-order valence-corrected chi connectivity index (χ2v) is 5.12. The van der Waals surface area contributed by atoms with Gasteiger partial charge in [-0.25, -0.2) is 0 Å². The van der Waals surface area contributed by atoms with Crippen LogP contribution in [0.2, 0.25) is 0 Å². The monoisotopic (exact) mass is 254 g/mol. The predicted octanol–water partition coefficient (Wildman–Crippen LogP) is 2.43. The van der Waals surface area contributed by atoms with Crippen molar-refractivity contribution in [2.75, 3.05) is 19.8 Å². The van der Waals surface area contributed by atoms with Crippen molar-refractivity contribution in [3.63, 3.8) is 0 Å². The zero-order chi connectivity index (χ0) is 13.2. The fourth-order valence-electron chi connectivity index (χ4n) is 2.97. The highest BCUT2D eigenvalue weighted by Gasteiger charge is 2.51. The molecule has 1 heterocycles. The first-order valence-electron chi connectivity index (χ1n) is 6.71. The second-order valence-electron chi connectivity index (χ2n) is 5.12. The van der Waals surface area contributed by atoms with Crippen molar-refractivity contribution in [3.8, 4) is 0 Å². The Kier molecular flexibility index (Phi) is 3.78. The average Bonchev–Trinajstić information content (AvgIpc) is 2.78. The number of esters is 1. The van der Waals surface area contributed by atoms with Crippen LogP contribution in [0.5, 0.6) is 0 Å². The standard InChI is InChI=1S/C14H22O4/c1-4-11-6-7-14(17-8-9-18-14)10-13(11,3)12(15)16-5-2/h6H,4-5,7-10H2,1-3H3. The Bertz CT molecular complexity index is 355. The van der Waals surface area contributed by atoms with Crippen molar-refractivity contribution >= 4 is 5.97 Å². The molecule has 1 aliphatic heterocycles. The van der Waals surface area contributed by atoms with E-state index < -0.39 is 11.2 Å². The van der Waals surface area contributed by atoms with Crippen molar-refractivity contribution in [3.05, 3.63) is 11.6 Å². The Morgan fingerprint density at radius 3 is 2.61 bits per heavy atom. The summed E-state index contributed by atoms with van der Waals surface area (Å²) in [6.45, 7) is 7.45. The minimum absolute atomic E-state index is 0.170. The van der Waals surface area contributed by atoms with E-state index in [1.165, 1.54) is 0 Å². The molecule has 1 spiro atoms. The lowest BCUT2D eigenvalue weighted by Crippen LogP contribution is -2.45. The molecule has 1 aliphatic carbocycles. The van der Waals surface area contributed by atoms with Gasteiger partial charge in [-0.2, -0.15) is 0 Å². The molecule has 2 rings (SSSR count). The Morgan fingerprint density at radius 2 is 2.06 bits per heavy atom. The molecular formula is C14H22O4. The molecule has 18 heavy (non-hydrogen) atoms. The van der Waals surface area contributed by atoms with Crippen LogP contribution >= 0.6 is 0 Å². The Balaban J connectivity index is 2.27. The number of ether oxygens (including phenoxy) is 3. The van der Waals surface area contributed by atoms with Crippen LogP contribution in [0.3, 0.4) is 0 Å². The van der Waals surface area contributed by atoms with Crippen LogP contribution in [0.25, 0.3) is 0 Å². The van der Waals surface area contributed by atoms with Crippen molar-refractivity contribution in [2.45, 2.75) is 45.8 Å². The van der Waals surface area contributed by atoms with Crippen molar-refractivity contribution in [2.24, 2.45) is 5.41 Å². The molecule has 1 saturated heterocycles. The predicted molar refractivity (Wildman–Crippen MR) is 67.0 cm³/mol. The average molecular weight is 254 g/mol. The van der Waals surface area contributed by atoms with Gasteiger partial charge in [0.25, 0.3) is 0 Å². The second kappa shape index (κ2) is 5.02. The first-order valence-corrected chi connectivity index (χ1v) is 6.71. The van der Waals surface area contributed by atoms with Gasteiger partial charge in [-0.1, -0.05) is 18.6 Å². The maximum absolute atomic E-state index is 12.3. The van der Waals surface area contributed by atoms with Gasteiger partial charge in [0.2, 0.25) is 0 Å². The topological polar surface area (TPSA) is 44.8 Å². The van der Waals surface area contributed by atoms with E-state index in [1.54, 1.807) is 0 Å². The maximum Gasteiger partial charge on any atom is 0.316 e. The highest BCUT2D eigenvalue weighted by Crippen LogP contribution is 2.47. The highest BCUT2D eigenvalue weighted by atomic mass is 16.7. The van der Waals surface area contributed by atoms with E-state index in [4.69, 9.17) is 14.2 Å². The highest BCUT2D eigenvalue weighted by molar-refractivity contribution is 5.80. The molecule has 0 aromatic heterocycles. The molecule has 1 atom stereocenters. The minimum atomic E-state index is -0.618. The van der Waals surface area contributed by atoms with Gasteiger partial charge in [-0.15, -0.1) is 0 Å². The summed E-state index contributed by atoms with van der Waals surface area (Å²) in [6.07, 6.45) is 4.22. The minimum Gasteiger partial charge on any atom is -0.465 e. The molecular weight excluding hydrogens is 232 g/mol. The zero-order valence-corrected chi connectivity index (χ0v) is 11.5. The van der Waals surface area contributed by atoms with E-state index in [9.17, 15) is 4.79 Å². The molecule has 0 bridgehead atoms. The van der Waals surface area contributed by atoms with Gasteiger partial charge in [0, 0.05) is 12.8 Å². The normalized spacial score (nSPS) is 30.3. The van der Waals surface area contributed by atoms with Crippen LogP contribution in [0.1, 0.15) is 40.0 Å². The molecule has 0 saturated carbocycles. The molecule has 0 aromatic carbocycles. The molecule has 4 heteroatoms. The van der Waals surface area contributed by atoms with Gasteiger partial charge in [-0.3, -0.25) is 4.79 Å². The van der Waals surface area contributed by atoms with Gasteiger partial charge < -0.3 is 14.2 Å². The SMILES string of the molecule is CCOC(=O)C1(C)CC2(CC=C1CC)OCCO2. The molecule has 0 radical (unpaired) electrons. The maximum atomic E-state index is 12.3. The zero-order valence-electron chi connectivity index (χ0n) is 11.5. The first-order chi connectivity index (χ1) is 8.56. The van der Waals surface area contributed by atoms with E-state index >= 15 is 0 Å². The van der Waals surface area contributed by atoms with Crippen LogP contribution in [-0.4, -0.2) is 31.6 Å². The molecule has 102 valence electrons. The first kappa shape index (κ1) is 13.6. The molecule has 4 nitrogen and oxygen atoms in total. The van der Waals surface area contributed by atoms with Crippen LogP contribution in [0.15, 0.2) is 11.6 Å². The van der Waals surface area contributed by atoms with Gasteiger partial charge in [0.05, 0.1) is 25.2 Å². The summed E-state index contributed by atoms with van der Waals surface area (Å²) in [6, 6.07) is 0. The van der Waals surface area contributed by atoms with Crippen LogP contribution in [-0.2, 0) is 19.0 Å². The fraction of sp³-hybridized carbons (Fsp3) is 0.786. The van der Waals surface area contributed by atoms with Crippen LogP contribution < -0.4 is 0 Å². The van der Waals surface area contributed by atoms with Gasteiger partial charge in [-0.05, 0) is 20.3 Å². The Morgan fingerprint density at radius 1 is 1.39 bits per heavy atom. The van der Waals surface area contributed by atoms with E-state index in [0.717, 1.165) is 18.4 Å². The lowest BCUT2D eigenvalue weighted by molar-refractivity contribution is -0.190. The smallest absolute Gasteiger partial charge is 0.316 e. The molecule has 0 N–H and O–H groups in total. The van der Waals surface area contributed by atoms with E-state index in [-0.39, 0.29) is 5.97 Å². The van der Waals surface area contributed by atoms with Gasteiger partial charge in [0.1, 0.15) is 0 Å². The van der Waals surface area contributed by atoms with Gasteiger partial charge >= 0.3 is 5.97 Å². The van der Waals surface area contributed by atoms with E-state index in [0.29, 0.717) is 26.2 Å². The summed E-state index contributed by atoms with van der Waals surface area (Å²) in [7, 11) is 0. The summed E-state index contributed by atoms with van der Waals surface area (Å²) in [4.78, 5) is 12.3. The third kappa shape index (κ3) is 2.19. The third-order valence-corrected chi connectivity index (χ3v) is 3.91. The lowest BCUT2D eigenvalue weighted by Gasteiger charge is -2.41. The fourth-order valence-corrected chi connectivity index (χ4v) is 2.97. The molecule has 2 aliphatic rings. The van der Waals surface area contributed by atoms with E-state index in [2.05, 4.69) is 13.0 Å². The summed E-state index contributed by atoms with van der Waals surface area (Å²) in [5.41, 5.74) is 0.513. The summed E-state index contributed by atoms with van der Waals surface area (Å²) >= 11 is 0. The number of hydrogen-bond acceptors (Lipinski definition) is 4. The molecule has 0 amide bonds. The summed E-state index contributed by atoms with van der Waals surface area (Å²) < 4.78 is 16.7. The summed E-state index contributed by atoms with van der Waals surface area (Å²) in [5, 5.41) is 0. The molecule has 1 fully saturated rings. The largest absolute Gasteiger partial charge is 0.465 e. The van der Waals surface area contributed by atoms with Crippen LogP contribution in [0, 0.1) is 5.41 Å². The van der Waals surface area contributed by atoms with Crippen molar-refractivity contribution < 1.29 is 19.0 Å².